The Kier molecular flexibility index (Phi) is 2.49. The summed E-state index contributed by atoms with van der Waals surface area (Å²) < 4.78 is 27.8. The number of nitrogens with one attached hydrogen (secondary N) is 1. The lowest BCUT2D eigenvalue weighted by molar-refractivity contribution is 0.580. The molecule has 15 heavy (non-hydrogen) atoms. The first-order valence-corrected chi connectivity index (χ1v) is 6.38. The summed E-state index contributed by atoms with van der Waals surface area (Å²) in [5.41, 5.74) is 0.949. The van der Waals surface area contributed by atoms with E-state index >= 15 is 0 Å². The van der Waals surface area contributed by atoms with Crippen molar-refractivity contribution < 1.29 is 8.42 Å². The molecule has 1 N–H and O–H groups in total. The van der Waals surface area contributed by atoms with Gasteiger partial charge in [-0.2, -0.15) is 5.10 Å². The molecule has 2 aromatic rings. The van der Waals surface area contributed by atoms with E-state index < -0.39 is 10.0 Å². The molecule has 0 fully saturated rings. The number of sulfonamides is 1. The summed E-state index contributed by atoms with van der Waals surface area (Å²) in [5, 5.41) is 4.05. The largest absolute Gasteiger partial charge is 0.330 e. The van der Waals surface area contributed by atoms with E-state index in [1.807, 2.05) is 23.0 Å². The third kappa shape index (κ3) is 2.37. The number of nitrogens with zero attached hydrogens (tertiary/aromatic N) is 3. The zero-order chi connectivity index (χ0) is 10.9. The van der Waals surface area contributed by atoms with Gasteiger partial charge in [0.25, 0.3) is 0 Å². The fourth-order valence-corrected chi connectivity index (χ4v) is 1.87. The Bertz CT molecular complexity index is 554. The molecular weight excluding hydrogens is 216 g/mol. The quantitative estimate of drug-likeness (QED) is 0.780. The van der Waals surface area contributed by atoms with E-state index in [0.29, 0.717) is 13.1 Å². The monoisotopic (exact) mass is 228 g/mol. The van der Waals surface area contributed by atoms with Crippen molar-refractivity contribution in [3.8, 4) is 0 Å². The predicted octanol–water partition coefficient (Wildman–Crippen LogP) is -0.315. The number of fused-ring (bicyclic) bond motifs is 1. The van der Waals surface area contributed by atoms with Gasteiger partial charge in [0.2, 0.25) is 10.0 Å². The minimum atomic E-state index is -3.10. The Balaban J connectivity index is 2.04. The Hall–Kier alpha value is -1.34. The van der Waals surface area contributed by atoms with Gasteiger partial charge in [-0.25, -0.2) is 17.7 Å². The van der Waals surface area contributed by atoms with Crippen LogP contribution in [0.3, 0.4) is 0 Å². The number of imidazole rings is 1. The summed E-state index contributed by atoms with van der Waals surface area (Å²) in [6, 6.07) is 1.88. The molecule has 0 bridgehead atoms. The van der Waals surface area contributed by atoms with Gasteiger partial charge in [-0.3, -0.25) is 0 Å². The van der Waals surface area contributed by atoms with E-state index in [0.717, 1.165) is 11.9 Å². The molecule has 0 unspecified atom stereocenters. The second-order valence-electron chi connectivity index (χ2n) is 3.29. The smallest absolute Gasteiger partial charge is 0.208 e. The van der Waals surface area contributed by atoms with Crippen LogP contribution in [0, 0.1) is 0 Å². The summed E-state index contributed by atoms with van der Waals surface area (Å²) >= 11 is 0. The zero-order valence-corrected chi connectivity index (χ0v) is 9.11. The van der Waals surface area contributed by atoms with Gasteiger partial charge >= 0.3 is 0 Å². The van der Waals surface area contributed by atoms with Crippen LogP contribution in [0.2, 0.25) is 0 Å². The lowest BCUT2D eigenvalue weighted by Gasteiger charge is -2.03. The fraction of sp³-hybridized carbons (Fsp3) is 0.375. The van der Waals surface area contributed by atoms with Crippen LogP contribution in [0.25, 0.3) is 5.65 Å². The van der Waals surface area contributed by atoms with Gasteiger partial charge in [0.1, 0.15) is 5.65 Å². The molecule has 2 aromatic heterocycles. The van der Waals surface area contributed by atoms with E-state index in [1.54, 1.807) is 10.7 Å². The number of aromatic nitrogens is 3. The molecule has 0 aliphatic heterocycles. The molecular formula is C8H12N4O2S. The lowest BCUT2D eigenvalue weighted by atomic mass is 10.6. The van der Waals surface area contributed by atoms with Crippen LogP contribution in [0.15, 0.2) is 24.7 Å². The maximum absolute atomic E-state index is 10.8. The SMILES string of the molecule is CS(=O)(=O)NCCn1ccn2nccc12. The van der Waals surface area contributed by atoms with Crippen molar-refractivity contribution >= 4 is 15.7 Å². The van der Waals surface area contributed by atoms with Gasteiger partial charge in [0, 0.05) is 31.5 Å². The molecule has 0 aliphatic carbocycles. The van der Waals surface area contributed by atoms with Gasteiger partial charge in [-0.1, -0.05) is 0 Å². The number of hydrogen-bond donors (Lipinski definition) is 1. The van der Waals surface area contributed by atoms with E-state index in [1.165, 1.54) is 0 Å². The maximum atomic E-state index is 10.8. The zero-order valence-electron chi connectivity index (χ0n) is 8.29. The van der Waals surface area contributed by atoms with Gasteiger partial charge in [-0.05, 0) is 0 Å². The van der Waals surface area contributed by atoms with Crippen LogP contribution in [0.1, 0.15) is 0 Å². The minimum absolute atomic E-state index is 0.383. The average molecular weight is 228 g/mol. The second kappa shape index (κ2) is 3.67. The standard InChI is InChI=1S/C8H12N4O2S/c1-15(13,14)10-4-5-11-6-7-12-8(11)2-3-9-12/h2-3,6-7,10H,4-5H2,1H3. The van der Waals surface area contributed by atoms with Crippen molar-refractivity contribution in [2.45, 2.75) is 6.54 Å². The van der Waals surface area contributed by atoms with E-state index in [-0.39, 0.29) is 0 Å². The van der Waals surface area contributed by atoms with Crippen LogP contribution < -0.4 is 4.72 Å². The number of hydrogen-bond acceptors (Lipinski definition) is 3. The summed E-state index contributed by atoms with van der Waals surface area (Å²) in [6.07, 6.45) is 6.55. The summed E-state index contributed by atoms with van der Waals surface area (Å²) in [5.74, 6) is 0. The van der Waals surface area contributed by atoms with Crippen LogP contribution in [0.5, 0.6) is 0 Å². The van der Waals surface area contributed by atoms with Gasteiger partial charge < -0.3 is 4.57 Å². The molecule has 0 spiro atoms. The predicted molar refractivity (Wildman–Crippen MR) is 56.0 cm³/mol. The van der Waals surface area contributed by atoms with Crippen molar-refractivity contribution in [3.05, 3.63) is 24.7 Å². The Morgan fingerprint density at radius 3 is 3.00 bits per heavy atom. The highest BCUT2D eigenvalue weighted by molar-refractivity contribution is 7.88. The third-order valence-corrected chi connectivity index (χ3v) is 2.78. The van der Waals surface area contributed by atoms with Crippen LogP contribution >= 0.6 is 0 Å². The molecule has 0 atom stereocenters. The first kappa shape index (κ1) is 10.2. The van der Waals surface area contributed by atoms with Gasteiger partial charge in [0.05, 0.1) is 12.5 Å². The summed E-state index contributed by atoms with van der Waals surface area (Å²) in [6.45, 7) is 0.976. The molecule has 2 rings (SSSR count). The Morgan fingerprint density at radius 2 is 2.27 bits per heavy atom. The molecule has 0 saturated heterocycles. The molecule has 0 aliphatic rings. The van der Waals surface area contributed by atoms with Gasteiger partial charge in [-0.15, -0.1) is 0 Å². The highest BCUT2D eigenvalue weighted by Gasteiger charge is 2.02. The molecule has 0 saturated carbocycles. The normalized spacial score (nSPS) is 12.3. The van der Waals surface area contributed by atoms with Crippen molar-refractivity contribution in [1.82, 2.24) is 18.9 Å². The fourth-order valence-electron chi connectivity index (χ4n) is 1.41. The van der Waals surface area contributed by atoms with E-state index in [2.05, 4.69) is 9.82 Å². The van der Waals surface area contributed by atoms with Crippen LogP contribution in [-0.4, -0.2) is 35.4 Å². The molecule has 7 heteroatoms. The highest BCUT2D eigenvalue weighted by atomic mass is 32.2. The molecule has 0 aromatic carbocycles. The van der Waals surface area contributed by atoms with Crippen molar-refractivity contribution in [1.29, 1.82) is 0 Å². The topological polar surface area (TPSA) is 68.4 Å². The van der Waals surface area contributed by atoms with Crippen molar-refractivity contribution in [2.24, 2.45) is 0 Å². The summed E-state index contributed by atoms with van der Waals surface area (Å²) in [4.78, 5) is 0. The third-order valence-electron chi connectivity index (χ3n) is 2.05. The second-order valence-corrected chi connectivity index (χ2v) is 5.13. The number of rotatable bonds is 4. The first-order valence-electron chi connectivity index (χ1n) is 4.49. The molecule has 6 nitrogen and oxygen atoms in total. The maximum Gasteiger partial charge on any atom is 0.208 e. The van der Waals surface area contributed by atoms with Crippen molar-refractivity contribution in [3.63, 3.8) is 0 Å². The van der Waals surface area contributed by atoms with E-state index in [4.69, 9.17) is 0 Å². The van der Waals surface area contributed by atoms with Crippen LogP contribution in [0.4, 0.5) is 0 Å². The lowest BCUT2D eigenvalue weighted by Crippen LogP contribution is -2.25. The Labute approximate surface area is 87.6 Å². The average Bonchev–Trinajstić information content (AvgIpc) is 2.66. The molecule has 0 radical (unpaired) electrons. The Morgan fingerprint density at radius 1 is 1.47 bits per heavy atom. The minimum Gasteiger partial charge on any atom is -0.330 e. The summed E-state index contributed by atoms with van der Waals surface area (Å²) in [7, 11) is -3.10. The molecule has 0 amide bonds. The van der Waals surface area contributed by atoms with Crippen molar-refractivity contribution in [2.75, 3.05) is 12.8 Å². The van der Waals surface area contributed by atoms with E-state index in [9.17, 15) is 8.42 Å². The first-order chi connectivity index (χ1) is 7.06. The molecule has 2 heterocycles. The van der Waals surface area contributed by atoms with Gasteiger partial charge in [0.15, 0.2) is 0 Å². The highest BCUT2D eigenvalue weighted by Crippen LogP contribution is 2.02. The molecule has 82 valence electrons. The van der Waals surface area contributed by atoms with Crippen LogP contribution in [-0.2, 0) is 16.6 Å².